The number of carbonyl (C=O) groups is 1. The summed E-state index contributed by atoms with van der Waals surface area (Å²) in [5.74, 6) is -0.00603. The van der Waals surface area contributed by atoms with E-state index in [1.807, 2.05) is 44.2 Å². The number of nitrogens with zero attached hydrogens (tertiary/aromatic N) is 2. The summed E-state index contributed by atoms with van der Waals surface area (Å²) in [6.45, 7) is 4.23. The first-order chi connectivity index (χ1) is 13.0. The Morgan fingerprint density at radius 2 is 2.04 bits per heavy atom. The maximum absolute atomic E-state index is 13.5. The van der Waals surface area contributed by atoms with Crippen molar-refractivity contribution in [2.45, 2.75) is 32.7 Å². The number of ether oxygens (including phenoxy) is 1. The van der Waals surface area contributed by atoms with Gasteiger partial charge in [-0.1, -0.05) is 37.3 Å². The van der Waals surface area contributed by atoms with Crippen LogP contribution < -0.4 is 11.3 Å². The van der Waals surface area contributed by atoms with Crippen LogP contribution in [0.2, 0.25) is 0 Å². The molecule has 3 aromatic rings. The Bertz CT molecular complexity index is 1020. The molecule has 0 aliphatic carbocycles. The van der Waals surface area contributed by atoms with Gasteiger partial charge >= 0.3 is 0 Å². The highest BCUT2D eigenvalue weighted by Crippen LogP contribution is 2.36. The Balaban J connectivity index is 2.36. The van der Waals surface area contributed by atoms with Crippen molar-refractivity contribution in [3.8, 4) is 11.1 Å². The molecule has 0 aliphatic rings. The monoisotopic (exact) mass is 385 g/mol. The highest BCUT2D eigenvalue weighted by atomic mass is 32.1. The zero-order valence-electron chi connectivity index (χ0n) is 15.7. The van der Waals surface area contributed by atoms with Gasteiger partial charge in [0.05, 0.1) is 12.0 Å². The third kappa shape index (κ3) is 3.52. The van der Waals surface area contributed by atoms with E-state index in [1.165, 1.54) is 15.9 Å². The molecule has 2 N–H and O–H groups in total. The summed E-state index contributed by atoms with van der Waals surface area (Å²) in [7, 11) is 1.59. The van der Waals surface area contributed by atoms with E-state index in [0.717, 1.165) is 16.0 Å². The molecule has 27 heavy (non-hydrogen) atoms. The van der Waals surface area contributed by atoms with E-state index in [9.17, 15) is 9.59 Å². The van der Waals surface area contributed by atoms with E-state index >= 15 is 0 Å². The molecule has 0 fully saturated rings. The van der Waals surface area contributed by atoms with Gasteiger partial charge in [-0.2, -0.15) is 0 Å². The average Bonchev–Trinajstić information content (AvgIpc) is 2.99. The van der Waals surface area contributed by atoms with E-state index < -0.39 is 11.9 Å². The number of hydrogen-bond donors (Lipinski definition) is 1. The number of hydrogen-bond acceptors (Lipinski definition) is 5. The molecule has 1 aromatic carbocycles. The third-order valence-corrected chi connectivity index (χ3v) is 5.63. The van der Waals surface area contributed by atoms with Crippen LogP contribution in [0, 0.1) is 6.92 Å². The van der Waals surface area contributed by atoms with Crippen LogP contribution in [0.3, 0.4) is 0 Å². The molecule has 0 spiro atoms. The Kier molecular flexibility index (Phi) is 5.72. The molecular weight excluding hydrogens is 362 g/mol. The molecular formula is C20H23N3O3S. The van der Waals surface area contributed by atoms with Crippen LogP contribution in [0.4, 0.5) is 0 Å². The van der Waals surface area contributed by atoms with Gasteiger partial charge in [0.15, 0.2) is 0 Å². The van der Waals surface area contributed by atoms with Gasteiger partial charge in [-0.3, -0.25) is 14.2 Å². The molecule has 6 nitrogen and oxygen atoms in total. The van der Waals surface area contributed by atoms with Gasteiger partial charge in [0, 0.05) is 24.0 Å². The van der Waals surface area contributed by atoms with Gasteiger partial charge in [0.25, 0.3) is 5.56 Å². The zero-order valence-corrected chi connectivity index (χ0v) is 16.5. The lowest BCUT2D eigenvalue weighted by Gasteiger charge is -2.19. The predicted octanol–water partition coefficient (Wildman–Crippen LogP) is 3.06. The molecule has 1 unspecified atom stereocenters. The van der Waals surface area contributed by atoms with E-state index in [4.69, 9.17) is 15.5 Å². The van der Waals surface area contributed by atoms with Crippen LogP contribution in [-0.2, 0) is 16.0 Å². The first kappa shape index (κ1) is 19.3. The fraction of sp³-hybridized carbons (Fsp3) is 0.350. The van der Waals surface area contributed by atoms with Crippen molar-refractivity contribution in [3.05, 3.63) is 51.4 Å². The number of fused-ring (bicyclic) bond motifs is 1. The second kappa shape index (κ2) is 8.02. The van der Waals surface area contributed by atoms with Gasteiger partial charge in [-0.15, -0.1) is 11.3 Å². The summed E-state index contributed by atoms with van der Waals surface area (Å²) in [6, 6.07) is 9.04. The number of amides is 1. The van der Waals surface area contributed by atoms with Crippen molar-refractivity contribution < 1.29 is 9.53 Å². The largest absolute Gasteiger partial charge is 0.384 e. The standard InChI is InChI=1S/C20H23N3O3S/c1-4-14(18(21)24)23-15(10-11-26-3)22-19-17(20(23)25)16(12(2)27-19)13-8-6-5-7-9-13/h5-9,14H,4,10-11H2,1-3H3,(H2,21,24). The van der Waals surface area contributed by atoms with Gasteiger partial charge in [0.1, 0.15) is 16.7 Å². The van der Waals surface area contributed by atoms with Crippen molar-refractivity contribution in [2.24, 2.45) is 5.73 Å². The molecule has 2 heterocycles. The fourth-order valence-corrected chi connectivity index (χ4v) is 4.42. The lowest BCUT2D eigenvalue weighted by atomic mass is 10.0. The molecule has 142 valence electrons. The number of nitrogens with two attached hydrogens (primary N) is 1. The van der Waals surface area contributed by atoms with Crippen molar-refractivity contribution in [1.29, 1.82) is 0 Å². The second-order valence-electron chi connectivity index (χ2n) is 6.35. The van der Waals surface area contributed by atoms with Gasteiger partial charge < -0.3 is 10.5 Å². The molecule has 0 bridgehead atoms. The smallest absolute Gasteiger partial charge is 0.263 e. The van der Waals surface area contributed by atoms with Crippen molar-refractivity contribution >= 4 is 27.5 Å². The minimum absolute atomic E-state index is 0.222. The fourth-order valence-electron chi connectivity index (χ4n) is 3.37. The molecule has 1 amide bonds. The minimum atomic E-state index is -0.731. The van der Waals surface area contributed by atoms with E-state index in [-0.39, 0.29) is 5.56 Å². The SMILES string of the molecule is CCC(C(N)=O)n1c(CCOC)nc2sc(C)c(-c3ccccc3)c2c1=O. The summed E-state index contributed by atoms with van der Waals surface area (Å²) in [6.07, 6.45) is 0.856. The number of aryl methyl sites for hydroxylation is 1. The number of thiophene rings is 1. The average molecular weight is 385 g/mol. The minimum Gasteiger partial charge on any atom is -0.384 e. The number of primary amides is 1. The molecule has 0 saturated carbocycles. The van der Waals surface area contributed by atoms with Crippen LogP contribution in [0.5, 0.6) is 0 Å². The first-order valence-corrected chi connectivity index (χ1v) is 9.69. The molecule has 2 aromatic heterocycles. The maximum Gasteiger partial charge on any atom is 0.263 e. The number of benzene rings is 1. The van der Waals surface area contributed by atoms with Crippen molar-refractivity contribution in [1.82, 2.24) is 9.55 Å². The number of carbonyl (C=O) groups excluding carboxylic acids is 1. The molecule has 0 saturated heterocycles. The van der Waals surface area contributed by atoms with E-state index in [2.05, 4.69) is 0 Å². The Hall–Kier alpha value is -2.51. The molecule has 0 radical (unpaired) electrons. The third-order valence-electron chi connectivity index (χ3n) is 4.63. The quantitative estimate of drug-likeness (QED) is 0.677. The zero-order chi connectivity index (χ0) is 19.6. The van der Waals surface area contributed by atoms with Crippen LogP contribution in [0.1, 0.15) is 30.1 Å². The molecule has 1 atom stereocenters. The lowest BCUT2D eigenvalue weighted by Crippen LogP contribution is -2.36. The second-order valence-corrected chi connectivity index (χ2v) is 7.56. The number of methoxy groups -OCH3 is 1. The molecule has 0 aliphatic heterocycles. The molecule has 7 heteroatoms. The van der Waals surface area contributed by atoms with E-state index in [1.54, 1.807) is 7.11 Å². The number of rotatable bonds is 7. The van der Waals surface area contributed by atoms with Crippen LogP contribution in [0.15, 0.2) is 35.1 Å². The number of aromatic nitrogens is 2. The lowest BCUT2D eigenvalue weighted by molar-refractivity contribution is -0.121. The van der Waals surface area contributed by atoms with Gasteiger partial charge in [-0.05, 0) is 18.9 Å². The Labute approximate surface area is 161 Å². The summed E-state index contributed by atoms with van der Waals surface area (Å²) < 4.78 is 6.62. The maximum atomic E-state index is 13.5. The first-order valence-electron chi connectivity index (χ1n) is 8.87. The predicted molar refractivity (Wildman–Crippen MR) is 108 cm³/mol. The highest BCUT2D eigenvalue weighted by Gasteiger charge is 2.25. The van der Waals surface area contributed by atoms with E-state index in [0.29, 0.717) is 35.5 Å². The topological polar surface area (TPSA) is 87.2 Å². The van der Waals surface area contributed by atoms with Crippen molar-refractivity contribution in [2.75, 3.05) is 13.7 Å². The van der Waals surface area contributed by atoms with Gasteiger partial charge in [0.2, 0.25) is 5.91 Å². The van der Waals surface area contributed by atoms with Crippen LogP contribution in [0.25, 0.3) is 21.3 Å². The summed E-state index contributed by atoms with van der Waals surface area (Å²) >= 11 is 1.49. The highest BCUT2D eigenvalue weighted by molar-refractivity contribution is 7.19. The van der Waals surface area contributed by atoms with Crippen LogP contribution >= 0.6 is 11.3 Å². The normalized spacial score (nSPS) is 12.4. The van der Waals surface area contributed by atoms with Crippen LogP contribution in [-0.4, -0.2) is 29.2 Å². The summed E-state index contributed by atoms with van der Waals surface area (Å²) in [5.41, 5.74) is 7.20. The van der Waals surface area contributed by atoms with Crippen molar-refractivity contribution in [3.63, 3.8) is 0 Å². The summed E-state index contributed by atoms with van der Waals surface area (Å²) in [4.78, 5) is 31.9. The Morgan fingerprint density at radius 1 is 1.33 bits per heavy atom. The summed E-state index contributed by atoms with van der Waals surface area (Å²) in [5, 5.41) is 0.546. The Morgan fingerprint density at radius 3 is 2.63 bits per heavy atom. The molecule has 3 rings (SSSR count). The van der Waals surface area contributed by atoms with Gasteiger partial charge in [-0.25, -0.2) is 4.98 Å².